The monoisotopic (exact) mass is 227 g/mol. The molecule has 0 bridgehead atoms. The van der Waals surface area contributed by atoms with Crippen molar-refractivity contribution in [2.24, 2.45) is 5.92 Å². The van der Waals surface area contributed by atoms with Crippen LogP contribution in [0.2, 0.25) is 0 Å². The first-order valence-electron chi connectivity index (χ1n) is 6.91. The summed E-state index contributed by atoms with van der Waals surface area (Å²) in [5.74, 6) is 0.624. The fourth-order valence-corrected chi connectivity index (χ4v) is 2.52. The molecule has 2 unspecified atom stereocenters. The van der Waals surface area contributed by atoms with Crippen LogP contribution in [0.4, 0.5) is 0 Å². The van der Waals surface area contributed by atoms with Gasteiger partial charge >= 0.3 is 0 Å². The lowest BCUT2D eigenvalue weighted by Crippen LogP contribution is -2.54. The predicted octanol–water partition coefficient (Wildman–Crippen LogP) is 3.05. The van der Waals surface area contributed by atoms with Crippen molar-refractivity contribution >= 4 is 0 Å². The lowest BCUT2D eigenvalue weighted by molar-refractivity contribution is -0.0297. The second kappa shape index (κ2) is 6.02. The molecule has 1 heterocycles. The van der Waals surface area contributed by atoms with E-state index in [0.29, 0.717) is 5.92 Å². The molecule has 0 aromatic rings. The summed E-state index contributed by atoms with van der Waals surface area (Å²) in [6.07, 6.45) is 5.83. The Morgan fingerprint density at radius 3 is 2.25 bits per heavy atom. The number of aliphatic hydroxyl groups excluding tert-OH is 1. The molecule has 0 aromatic heterocycles. The van der Waals surface area contributed by atoms with Gasteiger partial charge in [-0.3, -0.25) is 4.90 Å². The van der Waals surface area contributed by atoms with E-state index in [9.17, 15) is 5.11 Å². The first-order valence-corrected chi connectivity index (χ1v) is 6.91. The number of aliphatic hydroxyl groups is 1. The Hall–Kier alpha value is -0.0800. The summed E-state index contributed by atoms with van der Waals surface area (Å²) in [7, 11) is 0. The topological polar surface area (TPSA) is 23.5 Å². The van der Waals surface area contributed by atoms with Gasteiger partial charge in [-0.05, 0) is 52.1 Å². The van der Waals surface area contributed by atoms with Crippen LogP contribution in [0.1, 0.15) is 59.8 Å². The van der Waals surface area contributed by atoms with Crippen molar-refractivity contribution in [3.05, 3.63) is 0 Å². The Morgan fingerprint density at radius 1 is 1.19 bits per heavy atom. The number of likely N-dealkylation sites (tertiary alicyclic amines) is 1. The van der Waals surface area contributed by atoms with Crippen molar-refractivity contribution < 1.29 is 5.11 Å². The third-order valence-electron chi connectivity index (χ3n) is 4.31. The summed E-state index contributed by atoms with van der Waals surface area (Å²) in [5, 5.41) is 10.4. The fraction of sp³-hybridized carbons (Fsp3) is 1.00. The highest BCUT2D eigenvalue weighted by atomic mass is 16.3. The molecule has 0 amide bonds. The second-order valence-corrected chi connectivity index (χ2v) is 5.97. The van der Waals surface area contributed by atoms with E-state index >= 15 is 0 Å². The second-order valence-electron chi connectivity index (χ2n) is 5.97. The van der Waals surface area contributed by atoms with Crippen molar-refractivity contribution in [3.8, 4) is 0 Å². The molecule has 0 aromatic carbocycles. The molecule has 1 saturated heterocycles. The Balaban J connectivity index is 2.52. The molecule has 1 fully saturated rings. The Bertz CT molecular complexity index is 197. The van der Waals surface area contributed by atoms with Gasteiger partial charge in [0, 0.05) is 5.54 Å². The van der Waals surface area contributed by atoms with E-state index in [4.69, 9.17) is 0 Å². The average molecular weight is 227 g/mol. The average Bonchev–Trinajstić information content (AvgIpc) is 2.29. The minimum atomic E-state index is -0.194. The lowest BCUT2D eigenvalue weighted by atomic mass is 9.86. The maximum Gasteiger partial charge on any atom is 0.0721 e. The summed E-state index contributed by atoms with van der Waals surface area (Å²) >= 11 is 0. The normalized spacial score (nSPS) is 23.1. The number of piperidine rings is 1. The smallest absolute Gasteiger partial charge is 0.0721 e. The Morgan fingerprint density at radius 2 is 1.75 bits per heavy atom. The van der Waals surface area contributed by atoms with E-state index < -0.39 is 0 Å². The Labute approximate surface area is 101 Å². The van der Waals surface area contributed by atoms with E-state index in [1.54, 1.807) is 0 Å². The van der Waals surface area contributed by atoms with Crippen LogP contribution < -0.4 is 0 Å². The van der Waals surface area contributed by atoms with Crippen LogP contribution in [0, 0.1) is 5.92 Å². The van der Waals surface area contributed by atoms with E-state index in [1.165, 1.54) is 19.3 Å². The van der Waals surface area contributed by atoms with Gasteiger partial charge < -0.3 is 5.11 Å². The number of rotatable bonds is 5. The Kier molecular flexibility index (Phi) is 5.26. The molecule has 0 saturated carbocycles. The maximum absolute atomic E-state index is 10.4. The molecular weight excluding hydrogens is 198 g/mol. The molecule has 0 radical (unpaired) electrons. The van der Waals surface area contributed by atoms with E-state index in [1.807, 2.05) is 0 Å². The van der Waals surface area contributed by atoms with Crippen LogP contribution in [-0.2, 0) is 0 Å². The lowest BCUT2D eigenvalue weighted by Gasteiger charge is -2.44. The van der Waals surface area contributed by atoms with Gasteiger partial charge in [-0.1, -0.05) is 26.7 Å². The van der Waals surface area contributed by atoms with E-state index in [0.717, 1.165) is 25.9 Å². The maximum atomic E-state index is 10.4. The molecular formula is C14H29NO. The molecule has 2 heteroatoms. The van der Waals surface area contributed by atoms with Crippen molar-refractivity contribution in [1.29, 1.82) is 0 Å². The van der Waals surface area contributed by atoms with Crippen LogP contribution in [-0.4, -0.2) is 34.7 Å². The zero-order valence-corrected chi connectivity index (χ0v) is 11.5. The van der Waals surface area contributed by atoms with Crippen molar-refractivity contribution in [2.75, 3.05) is 13.1 Å². The van der Waals surface area contributed by atoms with Gasteiger partial charge in [-0.25, -0.2) is 0 Å². The van der Waals surface area contributed by atoms with Crippen LogP contribution >= 0.6 is 0 Å². The zero-order valence-electron chi connectivity index (χ0n) is 11.5. The molecule has 1 aliphatic heterocycles. The highest BCUT2D eigenvalue weighted by Crippen LogP contribution is 2.27. The number of hydrogen-bond acceptors (Lipinski definition) is 2. The summed E-state index contributed by atoms with van der Waals surface area (Å²) < 4.78 is 0. The predicted molar refractivity (Wildman–Crippen MR) is 69.6 cm³/mol. The van der Waals surface area contributed by atoms with Crippen molar-refractivity contribution in [3.63, 3.8) is 0 Å². The highest BCUT2D eigenvalue weighted by molar-refractivity contribution is 4.90. The SMILES string of the molecule is CCC(C)CC(O)C(C)(C)N1CCCCC1. The van der Waals surface area contributed by atoms with Gasteiger partial charge in [0.2, 0.25) is 0 Å². The fourth-order valence-electron chi connectivity index (χ4n) is 2.52. The summed E-state index contributed by atoms with van der Waals surface area (Å²) in [6, 6.07) is 0. The van der Waals surface area contributed by atoms with Gasteiger partial charge in [0.05, 0.1) is 6.10 Å². The van der Waals surface area contributed by atoms with Gasteiger partial charge in [0.25, 0.3) is 0 Å². The van der Waals surface area contributed by atoms with Gasteiger partial charge in [-0.15, -0.1) is 0 Å². The minimum absolute atomic E-state index is 0.0517. The number of nitrogens with zero attached hydrogens (tertiary/aromatic N) is 1. The molecule has 2 nitrogen and oxygen atoms in total. The molecule has 0 aliphatic carbocycles. The third-order valence-corrected chi connectivity index (χ3v) is 4.31. The molecule has 1 aliphatic rings. The summed E-state index contributed by atoms with van der Waals surface area (Å²) in [6.45, 7) is 11.1. The quantitative estimate of drug-likeness (QED) is 0.780. The highest BCUT2D eigenvalue weighted by Gasteiger charge is 2.35. The molecule has 2 atom stereocenters. The van der Waals surface area contributed by atoms with Crippen molar-refractivity contribution in [1.82, 2.24) is 4.90 Å². The first-order chi connectivity index (χ1) is 7.48. The van der Waals surface area contributed by atoms with Crippen LogP contribution in [0.15, 0.2) is 0 Å². The largest absolute Gasteiger partial charge is 0.391 e. The molecule has 1 rings (SSSR count). The van der Waals surface area contributed by atoms with E-state index in [2.05, 4.69) is 32.6 Å². The standard InChI is InChI=1S/C14H29NO/c1-5-12(2)11-13(16)14(3,4)15-9-7-6-8-10-15/h12-13,16H,5-11H2,1-4H3. The third kappa shape index (κ3) is 3.46. The van der Waals surface area contributed by atoms with Gasteiger partial charge in [0.15, 0.2) is 0 Å². The van der Waals surface area contributed by atoms with Crippen LogP contribution in [0.25, 0.3) is 0 Å². The van der Waals surface area contributed by atoms with Crippen molar-refractivity contribution in [2.45, 2.75) is 71.4 Å². The summed E-state index contributed by atoms with van der Waals surface area (Å²) in [5.41, 5.74) is -0.0517. The van der Waals surface area contributed by atoms with E-state index in [-0.39, 0.29) is 11.6 Å². The summed E-state index contributed by atoms with van der Waals surface area (Å²) in [4.78, 5) is 2.48. The minimum Gasteiger partial charge on any atom is -0.391 e. The van der Waals surface area contributed by atoms with Gasteiger partial charge in [-0.2, -0.15) is 0 Å². The zero-order chi connectivity index (χ0) is 12.2. The first kappa shape index (κ1) is 14.0. The van der Waals surface area contributed by atoms with Crippen LogP contribution in [0.5, 0.6) is 0 Å². The van der Waals surface area contributed by atoms with Gasteiger partial charge in [0.1, 0.15) is 0 Å². The number of hydrogen-bond donors (Lipinski definition) is 1. The molecule has 0 spiro atoms. The molecule has 96 valence electrons. The molecule has 1 N–H and O–H groups in total. The van der Waals surface area contributed by atoms with Crippen LogP contribution in [0.3, 0.4) is 0 Å². The molecule has 16 heavy (non-hydrogen) atoms.